The molecule has 0 radical (unpaired) electrons. The van der Waals surface area contributed by atoms with Crippen LogP contribution in [0.5, 0.6) is 17.2 Å². The maximum absolute atomic E-state index is 13.1. The van der Waals surface area contributed by atoms with Gasteiger partial charge in [0.2, 0.25) is 12.7 Å². The van der Waals surface area contributed by atoms with E-state index < -0.39 is 6.04 Å². The van der Waals surface area contributed by atoms with Gasteiger partial charge in [0.15, 0.2) is 11.5 Å². The SMILES string of the molecule is COc1ccc(C2C(=O)NCCN2C(=O)c2ccc3c(c2)OCO3)cc1. The summed E-state index contributed by atoms with van der Waals surface area (Å²) in [6.45, 7) is 0.991. The number of carbonyl (C=O) groups is 2. The summed E-state index contributed by atoms with van der Waals surface area (Å²) >= 11 is 0. The highest BCUT2D eigenvalue weighted by molar-refractivity contribution is 5.99. The van der Waals surface area contributed by atoms with Gasteiger partial charge in [-0.15, -0.1) is 0 Å². The zero-order valence-corrected chi connectivity index (χ0v) is 14.2. The summed E-state index contributed by atoms with van der Waals surface area (Å²) in [6, 6.07) is 11.5. The first kappa shape index (κ1) is 16.3. The van der Waals surface area contributed by atoms with Crippen LogP contribution in [0.4, 0.5) is 0 Å². The van der Waals surface area contributed by atoms with Crippen LogP contribution in [0.3, 0.4) is 0 Å². The molecule has 2 aromatic carbocycles. The topological polar surface area (TPSA) is 77.1 Å². The Morgan fingerprint density at radius 2 is 1.92 bits per heavy atom. The summed E-state index contributed by atoms with van der Waals surface area (Å²) in [5, 5.41) is 2.83. The van der Waals surface area contributed by atoms with Gasteiger partial charge in [-0.2, -0.15) is 0 Å². The molecular formula is C19H18N2O5. The van der Waals surface area contributed by atoms with E-state index in [9.17, 15) is 9.59 Å². The summed E-state index contributed by atoms with van der Waals surface area (Å²) in [6.07, 6.45) is 0. The molecule has 134 valence electrons. The number of hydrogen-bond donors (Lipinski definition) is 1. The Morgan fingerprint density at radius 1 is 1.15 bits per heavy atom. The average molecular weight is 354 g/mol. The molecular weight excluding hydrogens is 336 g/mol. The van der Waals surface area contributed by atoms with E-state index in [0.717, 1.165) is 5.56 Å². The monoisotopic (exact) mass is 354 g/mol. The molecule has 0 bridgehead atoms. The molecule has 1 saturated heterocycles. The molecule has 7 heteroatoms. The second-order valence-corrected chi connectivity index (χ2v) is 6.03. The molecule has 2 aliphatic rings. The molecule has 0 aliphatic carbocycles. The molecule has 2 heterocycles. The average Bonchev–Trinajstić information content (AvgIpc) is 3.15. The number of nitrogens with one attached hydrogen (secondary N) is 1. The molecule has 1 N–H and O–H groups in total. The molecule has 0 spiro atoms. The van der Waals surface area contributed by atoms with Crippen molar-refractivity contribution in [2.75, 3.05) is 27.0 Å². The lowest BCUT2D eigenvalue weighted by Gasteiger charge is -2.35. The smallest absolute Gasteiger partial charge is 0.255 e. The van der Waals surface area contributed by atoms with Gasteiger partial charge < -0.3 is 24.4 Å². The second kappa shape index (κ2) is 6.59. The Morgan fingerprint density at radius 3 is 2.69 bits per heavy atom. The number of fused-ring (bicyclic) bond motifs is 1. The Balaban J connectivity index is 1.65. The summed E-state index contributed by atoms with van der Waals surface area (Å²) in [5.41, 5.74) is 1.19. The zero-order valence-electron chi connectivity index (χ0n) is 14.2. The van der Waals surface area contributed by atoms with Gasteiger partial charge in [0.1, 0.15) is 11.8 Å². The quantitative estimate of drug-likeness (QED) is 0.908. The molecule has 26 heavy (non-hydrogen) atoms. The number of nitrogens with zero attached hydrogens (tertiary/aromatic N) is 1. The largest absolute Gasteiger partial charge is 0.497 e. The number of methoxy groups -OCH3 is 1. The fraction of sp³-hybridized carbons (Fsp3) is 0.263. The Labute approximate surface area is 150 Å². The third-order valence-electron chi connectivity index (χ3n) is 4.52. The van der Waals surface area contributed by atoms with Gasteiger partial charge in [0.25, 0.3) is 5.91 Å². The fourth-order valence-corrected chi connectivity index (χ4v) is 3.20. The van der Waals surface area contributed by atoms with Crippen LogP contribution >= 0.6 is 0 Å². The van der Waals surface area contributed by atoms with Gasteiger partial charge in [-0.25, -0.2) is 0 Å². The maximum atomic E-state index is 13.1. The van der Waals surface area contributed by atoms with E-state index in [0.29, 0.717) is 35.9 Å². The number of ether oxygens (including phenoxy) is 3. The lowest BCUT2D eigenvalue weighted by atomic mass is 10.0. The predicted octanol–water partition coefficient (Wildman–Crippen LogP) is 1.74. The lowest BCUT2D eigenvalue weighted by molar-refractivity contribution is -0.128. The van der Waals surface area contributed by atoms with Gasteiger partial charge in [0, 0.05) is 18.7 Å². The van der Waals surface area contributed by atoms with E-state index in [1.807, 2.05) is 0 Å². The maximum Gasteiger partial charge on any atom is 0.255 e. The second-order valence-electron chi connectivity index (χ2n) is 6.03. The molecule has 2 aromatic rings. The van der Waals surface area contributed by atoms with Crippen LogP contribution in [-0.4, -0.2) is 43.7 Å². The first-order chi connectivity index (χ1) is 12.7. The number of rotatable bonds is 3. The van der Waals surface area contributed by atoms with Crippen molar-refractivity contribution in [3.63, 3.8) is 0 Å². The van der Waals surface area contributed by atoms with Crippen molar-refractivity contribution < 1.29 is 23.8 Å². The van der Waals surface area contributed by atoms with E-state index in [2.05, 4.69) is 5.32 Å². The minimum absolute atomic E-state index is 0.146. The van der Waals surface area contributed by atoms with Crippen LogP contribution in [0.15, 0.2) is 42.5 Å². The van der Waals surface area contributed by atoms with Gasteiger partial charge in [0.05, 0.1) is 7.11 Å². The number of hydrogen-bond acceptors (Lipinski definition) is 5. The van der Waals surface area contributed by atoms with E-state index in [1.165, 1.54) is 0 Å². The number of piperazine rings is 1. The highest BCUT2D eigenvalue weighted by atomic mass is 16.7. The third kappa shape index (κ3) is 2.81. The summed E-state index contributed by atoms with van der Waals surface area (Å²) in [7, 11) is 1.58. The molecule has 1 atom stereocenters. The molecule has 0 saturated carbocycles. The van der Waals surface area contributed by atoms with Gasteiger partial charge in [-0.1, -0.05) is 12.1 Å². The standard InChI is InChI=1S/C19H18N2O5/c1-24-14-5-2-12(3-6-14)17-18(22)20-8-9-21(17)19(23)13-4-7-15-16(10-13)26-11-25-15/h2-7,10,17H,8-9,11H2,1H3,(H,20,22). The normalized spacial score (nSPS) is 18.4. The van der Waals surface area contributed by atoms with E-state index in [1.54, 1.807) is 54.5 Å². The molecule has 1 fully saturated rings. The van der Waals surface area contributed by atoms with E-state index in [4.69, 9.17) is 14.2 Å². The summed E-state index contributed by atoms with van der Waals surface area (Å²) < 4.78 is 15.8. The van der Waals surface area contributed by atoms with E-state index >= 15 is 0 Å². The van der Waals surface area contributed by atoms with Crippen LogP contribution in [0.25, 0.3) is 0 Å². The molecule has 2 amide bonds. The third-order valence-corrected chi connectivity index (χ3v) is 4.52. The zero-order chi connectivity index (χ0) is 18.1. The van der Waals surface area contributed by atoms with Crippen LogP contribution in [-0.2, 0) is 4.79 Å². The van der Waals surface area contributed by atoms with Crippen molar-refractivity contribution in [3.8, 4) is 17.2 Å². The minimum atomic E-state index is -0.687. The first-order valence-corrected chi connectivity index (χ1v) is 8.29. The van der Waals surface area contributed by atoms with Crippen molar-refractivity contribution in [1.29, 1.82) is 0 Å². The highest BCUT2D eigenvalue weighted by Gasteiger charge is 2.35. The molecule has 1 unspecified atom stereocenters. The summed E-state index contributed by atoms with van der Waals surface area (Å²) in [4.78, 5) is 27.2. The van der Waals surface area contributed by atoms with Crippen molar-refractivity contribution >= 4 is 11.8 Å². The lowest BCUT2D eigenvalue weighted by Crippen LogP contribution is -2.52. The molecule has 0 aromatic heterocycles. The van der Waals surface area contributed by atoms with Crippen molar-refractivity contribution in [2.45, 2.75) is 6.04 Å². The summed E-state index contributed by atoms with van der Waals surface area (Å²) in [5.74, 6) is 1.43. The molecule has 4 rings (SSSR count). The van der Waals surface area contributed by atoms with E-state index in [-0.39, 0.29) is 18.6 Å². The highest BCUT2D eigenvalue weighted by Crippen LogP contribution is 2.34. The Hall–Kier alpha value is -3.22. The fourth-order valence-electron chi connectivity index (χ4n) is 3.20. The van der Waals surface area contributed by atoms with Crippen molar-refractivity contribution in [3.05, 3.63) is 53.6 Å². The minimum Gasteiger partial charge on any atom is -0.497 e. The van der Waals surface area contributed by atoms with Crippen LogP contribution in [0, 0.1) is 0 Å². The van der Waals surface area contributed by atoms with Gasteiger partial charge in [-0.3, -0.25) is 9.59 Å². The van der Waals surface area contributed by atoms with Crippen LogP contribution in [0.1, 0.15) is 22.0 Å². The van der Waals surface area contributed by atoms with Gasteiger partial charge in [-0.05, 0) is 35.9 Å². The van der Waals surface area contributed by atoms with Crippen molar-refractivity contribution in [2.24, 2.45) is 0 Å². The Kier molecular flexibility index (Phi) is 4.12. The van der Waals surface area contributed by atoms with Crippen molar-refractivity contribution in [1.82, 2.24) is 10.2 Å². The molecule has 7 nitrogen and oxygen atoms in total. The molecule has 2 aliphatic heterocycles. The number of amides is 2. The van der Waals surface area contributed by atoms with Crippen LogP contribution < -0.4 is 19.5 Å². The number of carbonyl (C=O) groups excluding carboxylic acids is 2. The first-order valence-electron chi connectivity index (χ1n) is 8.29. The van der Waals surface area contributed by atoms with Gasteiger partial charge >= 0.3 is 0 Å². The Bertz CT molecular complexity index is 850. The number of benzene rings is 2. The van der Waals surface area contributed by atoms with Crippen LogP contribution in [0.2, 0.25) is 0 Å². The predicted molar refractivity (Wildman–Crippen MR) is 92.3 cm³/mol.